The van der Waals surface area contributed by atoms with Crippen LogP contribution in [0.4, 0.5) is 4.79 Å². The number of nitrogens with zero attached hydrogens (tertiary/aromatic N) is 3. The number of hydrogen-bond donors (Lipinski definition) is 0. The van der Waals surface area contributed by atoms with E-state index >= 15 is 0 Å². The number of likely N-dealkylation sites (tertiary alicyclic amines) is 1. The van der Waals surface area contributed by atoms with Crippen molar-refractivity contribution in [2.45, 2.75) is 19.4 Å². The minimum atomic E-state index is 0.0324. The number of hydrogen-bond acceptors (Lipinski definition) is 3. The summed E-state index contributed by atoms with van der Waals surface area (Å²) in [6.07, 6.45) is 0.883. The van der Waals surface area contributed by atoms with Crippen LogP contribution in [0.25, 0.3) is 0 Å². The Balaban J connectivity index is 1.87. The molecule has 128 valence electrons. The highest BCUT2D eigenvalue weighted by Crippen LogP contribution is 2.22. The van der Waals surface area contributed by atoms with Gasteiger partial charge in [0, 0.05) is 37.6 Å². The van der Waals surface area contributed by atoms with Gasteiger partial charge in [-0.2, -0.15) is 0 Å². The molecule has 2 amide bonds. The molecule has 23 heavy (non-hydrogen) atoms. The van der Waals surface area contributed by atoms with Gasteiger partial charge in [-0.3, -0.25) is 0 Å². The van der Waals surface area contributed by atoms with Gasteiger partial charge in [0.25, 0.3) is 0 Å². The number of urea groups is 1. The molecular weight excluding hydrogens is 314 g/mol. The van der Waals surface area contributed by atoms with Gasteiger partial charge in [-0.1, -0.05) is 17.7 Å². The molecule has 6 heteroatoms. The fourth-order valence-corrected chi connectivity index (χ4v) is 2.82. The van der Waals surface area contributed by atoms with Crippen LogP contribution in [0.15, 0.2) is 24.3 Å². The molecule has 1 aliphatic rings. The number of rotatable bonds is 6. The van der Waals surface area contributed by atoms with Gasteiger partial charge < -0.3 is 19.4 Å². The van der Waals surface area contributed by atoms with Crippen LogP contribution in [0.2, 0.25) is 5.02 Å². The molecule has 1 unspecified atom stereocenters. The first kappa shape index (κ1) is 17.9. The van der Waals surface area contributed by atoms with E-state index in [1.807, 2.05) is 55.1 Å². The van der Waals surface area contributed by atoms with E-state index in [4.69, 9.17) is 16.3 Å². The molecule has 2 rings (SSSR count). The normalized spacial score (nSPS) is 17.6. The second-order valence-corrected chi connectivity index (χ2v) is 6.53. The number of ether oxygens (including phenoxy) is 1. The third-order valence-corrected chi connectivity index (χ3v) is 4.22. The first-order valence-electron chi connectivity index (χ1n) is 8.10. The number of amides is 2. The molecule has 0 spiro atoms. The van der Waals surface area contributed by atoms with E-state index in [1.165, 1.54) is 0 Å². The van der Waals surface area contributed by atoms with Gasteiger partial charge >= 0.3 is 6.03 Å². The van der Waals surface area contributed by atoms with Crippen molar-refractivity contribution in [2.24, 2.45) is 0 Å². The zero-order valence-corrected chi connectivity index (χ0v) is 14.9. The van der Waals surface area contributed by atoms with Crippen LogP contribution in [0, 0.1) is 0 Å². The van der Waals surface area contributed by atoms with Crippen LogP contribution in [-0.2, 0) is 0 Å². The highest BCUT2D eigenvalue weighted by molar-refractivity contribution is 6.30. The fraction of sp³-hybridized carbons (Fsp3) is 0.588. The topological polar surface area (TPSA) is 36.0 Å². The van der Waals surface area contributed by atoms with Crippen molar-refractivity contribution < 1.29 is 9.53 Å². The molecule has 1 fully saturated rings. The van der Waals surface area contributed by atoms with Crippen molar-refractivity contribution in [3.8, 4) is 5.75 Å². The molecule has 5 nitrogen and oxygen atoms in total. The van der Waals surface area contributed by atoms with E-state index in [0.717, 1.165) is 38.3 Å². The summed E-state index contributed by atoms with van der Waals surface area (Å²) in [5, 5.41) is 0.661. The lowest BCUT2D eigenvalue weighted by Gasteiger charge is -2.28. The Morgan fingerprint density at radius 3 is 2.83 bits per heavy atom. The maximum atomic E-state index is 12.6. The fourth-order valence-electron chi connectivity index (χ4n) is 2.64. The molecule has 0 radical (unpaired) electrons. The number of carbonyl (C=O) groups is 1. The molecule has 0 aromatic heterocycles. The van der Waals surface area contributed by atoms with E-state index in [0.29, 0.717) is 11.6 Å². The molecule has 0 aliphatic carbocycles. The summed E-state index contributed by atoms with van der Waals surface area (Å²) in [6, 6.07) is 7.50. The first-order valence-corrected chi connectivity index (χ1v) is 8.48. The lowest BCUT2D eigenvalue weighted by atomic mass is 10.3. The van der Waals surface area contributed by atoms with E-state index in [1.54, 1.807) is 0 Å². The lowest BCUT2D eigenvalue weighted by Crippen LogP contribution is -2.45. The summed E-state index contributed by atoms with van der Waals surface area (Å²) in [4.78, 5) is 18.5. The summed E-state index contributed by atoms with van der Waals surface area (Å²) < 4.78 is 5.94. The van der Waals surface area contributed by atoms with Gasteiger partial charge in [0.1, 0.15) is 11.9 Å². The summed E-state index contributed by atoms with van der Waals surface area (Å²) >= 11 is 5.97. The number of halogens is 1. The average molecular weight is 340 g/mol. The van der Waals surface area contributed by atoms with Gasteiger partial charge in [0.15, 0.2) is 0 Å². The first-order chi connectivity index (χ1) is 11.0. The highest BCUT2D eigenvalue weighted by atomic mass is 35.5. The predicted molar refractivity (Wildman–Crippen MR) is 93.3 cm³/mol. The maximum absolute atomic E-state index is 12.6. The summed E-state index contributed by atoms with van der Waals surface area (Å²) in [5.74, 6) is 0.761. The SMILES string of the molecule is CCN(CCN(C)C)C(=O)N1CCC(Oc2cccc(Cl)c2)C1. The Morgan fingerprint density at radius 2 is 2.17 bits per heavy atom. The summed E-state index contributed by atoms with van der Waals surface area (Å²) in [5.41, 5.74) is 0. The van der Waals surface area contributed by atoms with Crippen LogP contribution in [0.3, 0.4) is 0 Å². The molecule has 1 aliphatic heterocycles. The van der Waals surface area contributed by atoms with E-state index in [2.05, 4.69) is 4.90 Å². The Hall–Kier alpha value is -1.46. The molecule has 0 N–H and O–H groups in total. The number of carbonyl (C=O) groups excluding carboxylic acids is 1. The van der Waals surface area contributed by atoms with Gasteiger partial charge in [0.2, 0.25) is 0 Å². The molecule has 1 saturated heterocycles. The summed E-state index contributed by atoms with van der Waals surface area (Å²) in [6.45, 7) is 5.73. The van der Waals surface area contributed by atoms with Crippen LogP contribution in [-0.4, -0.2) is 73.7 Å². The van der Waals surface area contributed by atoms with Crippen LogP contribution in [0.5, 0.6) is 5.75 Å². The maximum Gasteiger partial charge on any atom is 0.320 e. The summed E-state index contributed by atoms with van der Waals surface area (Å²) in [7, 11) is 4.03. The second kappa shape index (κ2) is 8.41. The van der Waals surface area contributed by atoms with Crippen LogP contribution >= 0.6 is 11.6 Å². The quantitative estimate of drug-likeness (QED) is 0.799. The highest BCUT2D eigenvalue weighted by Gasteiger charge is 2.30. The minimum absolute atomic E-state index is 0.0324. The standard InChI is InChI=1S/C17H26ClN3O2/c1-4-20(11-10-19(2)3)17(22)21-9-8-16(13-21)23-15-7-5-6-14(18)12-15/h5-7,12,16H,4,8-11,13H2,1-3H3. The van der Waals surface area contributed by atoms with Gasteiger partial charge in [-0.05, 0) is 39.2 Å². The van der Waals surface area contributed by atoms with Crippen molar-refractivity contribution in [2.75, 3.05) is 46.8 Å². The predicted octanol–water partition coefficient (Wildman–Crippen LogP) is 2.80. The van der Waals surface area contributed by atoms with Crippen molar-refractivity contribution in [3.05, 3.63) is 29.3 Å². The smallest absolute Gasteiger partial charge is 0.320 e. The van der Waals surface area contributed by atoms with E-state index in [9.17, 15) is 4.79 Å². The molecule has 0 saturated carbocycles. The molecule has 1 atom stereocenters. The molecule has 1 heterocycles. The van der Waals surface area contributed by atoms with Crippen molar-refractivity contribution in [1.82, 2.24) is 14.7 Å². The van der Waals surface area contributed by atoms with Gasteiger partial charge in [-0.25, -0.2) is 4.79 Å². The van der Waals surface area contributed by atoms with Gasteiger partial charge in [-0.15, -0.1) is 0 Å². The van der Waals surface area contributed by atoms with Crippen molar-refractivity contribution in [3.63, 3.8) is 0 Å². The average Bonchev–Trinajstić information content (AvgIpc) is 2.96. The number of benzene rings is 1. The second-order valence-electron chi connectivity index (χ2n) is 6.10. The third-order valence-electron chi connectivity index (χ3n) is 3.98. The van der Waals surface area contributed by atoms with Crippen molar-refractivity contribution >= 4 is 17.6 Å². The van der Waals surface area contributed by atoms with E-state index < -0.39 is 0 Å². The zero-order valence-electron chi connectivity index (χ0n) is 14.2. The Bertz CT molecular complexity index is 524. The molecule has 1 aromatic rings. The monoisotopic (exact) mass is 339 g/mol. The lowest BCUT2D eigenvalue weighted by molar-refractivity contribution is 0.151. The van der Waals surface area contributed by atoms with Gasteiger partial charge in [0.05, 0.1) is 6.54 Å². The Labute approximate surface area is 143 Å². The molecule has 1 aromatic carbocycles. The largest absolute Gasteiger partial charge is 0.488 e. The Morgan fingerprint density at radius 1 is 1.39 bits per heavy atom. The third kappa shape index (κ3) is 5.29. The van der Waals surface area contributed by atoms with Crippen LogP contribution < -0.4 is 4.74 Å². The molecular formula is C17H26ClN3O2. The molecule has 0 bridgehead atoms. The zero-order chi connectivity index (χ0) is 16.8. The minimum Gasteiger partial charge on any atom is -0.488 e. The van der Waals surface area contributed by atoms with E-state index in [-0.39, 0.29) is 12.1 Å². The van der Waals surface area contributed by atoms with Crippen LogP contribution in [0.1, 0.15) is 13.3 Å². The van der Waals surface area contributed by atoms with Crippen molar-refractivity contribution in [1.29, 1.82) is 0 Å². The Kier molecular flexibility index (Phi) is 6.54. The number of likely N-dealkylation sites (N-methyl/N-ethyl adjacent to an activating group) is 2.